The van der Waals surface area contributed by atoms with Gasteiger partial charge in [0, 0.05) is 19.9 Å². The first-order valence-corrected chi connectivity index (χ1v) is 7.63. The molecule has 0 aromatic carbocycles. The van der Waals surface area contributed by atoms with E-state index in [4.69, 9.17) is 16.3 Å². The quantitative estimate of drug-likeness (QED) is 0.551. The molecule has 0 radical (unpaired) electrons. The van der Waals surface area contributed by atoms with E-state index >= 15 is 0 Å². The van der Waals surface area contributed by atoms with Gasteiger partial charge in [-0.3, -0.25) is 4.79 Å². The number of aromatic nitrogens is 1. The van der Waals surface area contributed by atoms with E-state index in [2.05, 4.69) is 15.0 Å². The van der Waals surface area contributed by atoms with Crippen LogP contribution in [0.2, 0.25) is 5.15 Å². The van der Waals surface area contributed by atoms with Gasteiger partial charge in [0.1, 0.15) is 5.15 Å². The summed E-state index contributed by atoms with van der Waals surface area (Å²) in [7, 11) is -2.32. The first-order valence-electron chi connectivity index (χ1n) is 5.77. The molecule has 0 spiro atoms. The van der Waals surface area contributed by atoms with Crippen LogP contribution in [0.5, 0.6) is 0 Å². The van der Waals surface area contributed by atoms with Crippen molar-refractivity contribution in [2.45, 2.75) is 17.9 Å². The Balaban J connectivity index is 2.68. The number of carbonyl (C=O) groups excluding carboxylic acids is 1. The van der Waals surface area contributed by atoms with Gasteiger partial charge in [0.25, 0.3) is 0 Å². The lowest BCUT2D eigenvalue weighted by Crippen LogP contribution is -2.45. The van der Waals surface area contributed by atoms with Crippen molar-refractivity contribution in [2.75, 3.05) is 20.3 Å². The Morgan fingerprint density at radius 1 is 1.55 bits per heavy atom. The number of hydrogen-bond acceptors (Lipinski definition) is 5. The third-order valence-corrected chi connectivity index (χ3v) is 4.08. The Morgan fingerprint density at radius 2 is 2.25 bits per heavy atom. The van der Waals surface area contributed by atoms with Gasteiger partial charge in [-0.05, 0) is 19.1 Å². The highest BCUT2D eigenvalue weighted by Gasteiger charge is 2.22. The molecule has 1 aromatic rings. The molecule has 1 amide bonds. The largest absolute Gasteiger partial charge is 0.383 e. The highest BCUT2D eigenvalue weighted by atomic mass is 35.5. The average Bonchev–Trinajstić information content (AvgIpc) is 2.38. The van der Waals surface area contributed by atoms with Gasteiger partial charge in [-0.15, -0.1) is 0 Å². The minimum Gasteiger partial charge on any atom is -0.383 e. The monoisotopic (exact) mass is 321 g/mol. The zero-order chi connectivity index (χ0) is 15.2. The van der Waals surface area contributed by atoms with Crippen LogP contribution in [0.4, 0.5) is 0 Å². The number of sulfonamides is 1. The Labute approximate surface area is 122 Å². The molecule has 9 heteroatoms. The van der Waals surface area contributed by atoms with Crippen LogP contribution in [0.15, 0.2) is 23.2 Å². The molecule has 0 bridgehead atoms. The molecule has 0 aliphatic rings. The first kappa shape index (κ1) is 16.8. The van der Waals surface area contributed by atoms with Crippen molar-refractivity contribution >= 4 is 27.5 Å². The SMILES string of the molecule is COCCNC(=O)C(C)NS(=O)(=O)c1ccnc(Cl)c1. The standard InChI is InChI=1S/C11H16ClN3O4S/c1-8(11(16)14-5-6-19-2)15-20(17,18)9-3-4-13-10(12)7-9/h3-4,7-8,15H,5-6H2,1-2H3,(H,14,16). The Morgan fingerprint density at radius 3 is 2.85 bits per heavy atom. The van der Waals surface area contributed by atoms with Crippen LogP contribution in [0.25, 0.3) is 0 Å². The second-order valence-corrected chi connectivity index (χ2v) is 6.04. The van der Waals surface area contributed by atoms with Crippen molar-refractivity contribution in [1.82, 2.24) is 15.0 Å². The van der Waals surface area contributed by atoms with Crippen molar-refractivity contribution in [2.24, 2.45) is 0 Å². The Bertz CT molecular complexity index is 565. The first-order chi connectivity index (χ1) is 9.36. The molecule has 20 heavy (non-hydrogen) atoms. The van der Waals surface area contributed by atoms with Gasteiger partial charge in [0.2, 0.25) is 15.9 Å². The second-order valence-electron chi connectivity index (χ2n) is 3.94. The van der Waals surface area contributed by atoms with E-state index in [1.54, 1.807) is 0 Å². The maximum absolute atomic E-state index is 12.0. The molecule has 112 valence electrons. The molecular weight excluding hydrogens is 306 g/mol. The number of halogens is 1. The maximum Gasteiger partial charge on any atom is 0.241 e. The fourth-order valence-electron chi connectivity index (χ4n) is 1.34. The number of carbonyl (C=O) groups is 1. The number of hydrogen-bond donors (Lipinski definition) is 2. The van der Waals surface area contributed by atoms with E-state index in [9.17, 15) is 13.2 Å². The van der Waals surface area contributed by atoms with Gasteiger partial charge in [-0.2, -0.15) is 4.72 Å². The van der Waals surface area contributed by atoms with Gasteiger partial charge in [-0.1, -0.05) is 11.6 Å². The van der Waals surface area contributed by atoms with E-state index in [1.165, 1.54) is 32.4 Å². The molecule has 1 aromatic heterocycles. The number of methoxy groups -OCH3 is 1. The average molecular weight is 322 g/mol. The van der Waals surface area contributed by atoms with Crippen LogP contribution in [-0.4, -0.2) is 45.6 Å². The predicted molar refractivity (Wildman–Crippen MR) is 73.9 cm³/mol. The normalized spacial score (nSPS) is 12.9. The predicted octanol–water partition coefficient (Wildman–Crippen LogP) is 0.164. The van der Waals surface area contributed by atoms with Crippen molar-refractivity contribution < 1.29 is 17.9 Å². The number of pyridine rings is 1. The molecule has 1 unspecified atom stereocenters. The number of rotatable bonds is 7. The van der Waals surface area contributed by atoms with E-state index in [0.29, 0.717) is 13.2 Å². The summed E-state index contributed by atoms with van der Waals surface area (Å²) in [4.78, 5) is 15.3. The number of amides is 1. The molecule has 7 nitrogen and oxygen atoms in total. The van der Waals surface area contributed by atoms with E-state index in [0.717, 1.165) is 0 Å². The zero-order valence-corrected chi connectivity index (χ0v) is 12.7. The topological polar surface area (TPSA) is 97.4 Å². The van der Waals surface area contributed by atoms with E-state index in [1.807, 2.05) is 0 Å². The summed E-state index contributed by atoms with van der Waals surface area (Å²) in [5, 5.41) is 2.60. The van der Waals surface area contributed by atoms with Gasteiger partial charge in [0.05, 0.1) is 17.5 Å². The summed E-state index contributed by atoms with van der Waals surface area (Å²) in [6, 6.07) is 1.59. The minimum atomic E-state index is -3.82. The number of nitrogens with zero attached hydrogens (tertiary/aromatic N) is 1. The summed E-state index contributed by atoms with van der Waals surface area (Å²) in [5.74, 6) is -0.439. The summed E-state index contributed by atoms with van der Waals surface area (Å²) in [6.45, 7) is 2.11. The summed E-state index contributed by atoms with van der Waals surface area (Å²) in [5.41, 5.74) is 0. The van der Waals surface area contributed by atoms with Crippen LogP contribution in [0.3, 0.4) is 0 Å². The molecule has 2 N–H and O–H groups in total. The van der Waals surface area contributed by atoms with Crippen LogP contribution in [0, 0.1) is 0 Å². The summed E-state index contributed by atoms with van der Waals surface area (Å²) in [6.07, 6.45) is 1.28. The molecule has 0 aliphatic heterocycles. The minimum absolute atomic E-state index is 0.0472. The molecule has 0 saturated heterocycles. The smallest absolute Gasteiger partial charge is 0.241 e. The van der Waals surface area contributed by atoms with Crippen molar-refractivity contribution in [1.29, 1.82) is 0 Å². The molecule has 0 aliphatic carbocycles. The van der Waals surface area contributed by atoms with Crippen molar-refractivity contribution in [3.63, 3.8) is 0 Å². The molecule has 0 saturated carbocycles. The lowest BCUT2D eigenvalue weighted by Gasteiger charge is -2.14. The highest BCUT2D eigenvalue weighted by Crippen LogP contribution is 2.12. The van der Waals surface area contributed by atoms with Crippen molar-refractivity contribution in [3.05, 3.63) is 23.5 Å². The second kappa shape index (κ2) is 7.53. The molecular formula is C11H16ClN3O4S. The van der Waals surface area contributed by atoms with E-state index < -0.39 is 22.0 Å². The summed E-state index contributed by atoms with van der Waals surface area (Å²) < 4.78 is 31.1. The van der Waals surface area contributed by atoms with Gasteiger partial charge >= 0.3 is 0 Å². The van der Waals surface area contributed by atoms with Crippen LogP contribution in [0.1, 0.15) is 6.92 Å². The molecule has 1 heterocycles. The van der Waals surface area contributed by atoms with Gasteiger partial charge in [-0.25, -0.2) is 13.4 Å². The van der Waals surface area contributed by atoms with E-state index in [-0.39, 0.29) is 10.0 Å². The third-order valence-electron chi connectivity index (χ3n) is 2.34. The Kier molecular flexibility index (Phi) is 6.34. The van der Waals surface area contributed by atoms with Crippen LogP contribution < -0.4 is 10.0 Å². The molecule has 1 rings (SSSR count). The molecule has 1 atom stereocenters. The van der Waals surface area contributed by atoms with Gasteiger partial charge in [0.15, 0.2) is 0 Å². The highest BCUT2D eigenvalue weighted by molar-refractivity contribution is 7.89. The number of ether oxygens (including phenoxy) is 1. The van der Waals surface area contributed by atoms with Crippen LogP contribution >= 0.6 is 11.6 Å². The van der Waals surface area contributed by atoms with Crippen molar-refractivity contribution in [3.8, 4) is 0 Å². The fourth-order valence-corrected chi connectivity index (χ4v) is 2.79. The third kappa shape index (κ3) is 5.04. The zero-order valence-electron chi connectivity index (χ0n) is 11.1. The summed E-state index contributed by atoms with van der Waals surface area (Å²) >= 11 is 5.64. The van der Waals surface area contributed by atoms with Crippen LogP contribution in [-0.2, 0) is 19.6 Å². The maximum atomic E-state index is 12.0. The molecule has 0 fully saturated rings. The fraction of sp³-hybridized carbons (Fsp3) is 0.455. The Hall–Kier alpha value is -1.22. The lowest BCUT2D eigenvalue weighted by atomic mass is 10.3. The van der Waals surface area contributed by atoms with Gasteiger partial charge < -0.3 is 10.1 Å². The number of nitrogens with one attached hydrogen (secondary N) is 2. The lowest BCUT2D eigenvalue weighted by molar-refractivity contribution is -0.122.